The SMILES string of the molecule is CCNC(=NCC1(c2ccccc2F)CC1)NCC(C1CCOC1)N1CCOCC1.I. The lowest BCUT2D eigenvalue weighted by Gasteiger charge is -2.37. The van der Waals surface area contributed by atoms with E-state index in [-0.39, 0.29) is 35.2 Å². The fourth-order valence-corrected chi connectivity index (χ4v) is 4.69. The van der Waals surface area contributed by atoms with Gasteiger partial charge in [-0.1, -0.05) is 18.2 Å². The minimum atomic E-state index is -0.142. The third kappa shape index (κ3) is 6.30. The maximum atomic E-state index is 14.3. The number of nitrogens with one attached hydrogen (secondary N) is 2. The Bertz CT molecular complexity index is 719. The lowest BCUT2D eigenvalue weighted by Crippen LogP contribution is -2.53. The first-order valence-corrected chi connectivity index (χ1v) is 11.4. The summed E-state index contributed by atoms with van der Waals surface area (Å²) in [7, 11) is 0. The number of halogens is 2. The molecule has 4 rings (SSSR count). The number of nitrogens with zero attached hydrogens (tertiary/aromatic N) is 2. The van der Waals surface area contributed by atoms with Gasteiger partial charge in [0.05, 0.1) is 26.4 Å². The largest absolute Gasteiger partial charge is 0.381 e. The highest BCUT2D eigenvalue weighted by Crippen LogP contribution is 2.49. The van der Waals surface area contributed by atoms with Crippen LogP contribution in [0, 0.1) is 11.7 Å². The van der Waals surface area contributed by atoms with Gasteiger partial charge in [0, 0.05) is 50.2 Å². The Morgan fingerprint density at radius 2 is 1.97 bits per heavy atom. The van der Waals surface area contributed by atoms with Gasteiger partial charge in [0.25, 0.3) is 0 Å². The fourth-order valence-electron chi connectivity index (χ4n) is 4.69. The van der Waals surface area contributed by atoms with Crippen molar-refractivity contribution in [1.29, 1.82) is 0 Å². The standard InChI is InChI=1S/C23H35FN4O2.HI/c1-2-25-22(27-17-23(8-9-23)19-5-3-4-6-20(19)24)26-15-21(18-7-12-30-16-18)28-10-13-29-14-11-28;/h3-6,18,21H,2,7-17H2,1H3,(H2,25,26,27);1H. The van der Waals surface area contributed by atoms with Crippen LogP contribution in [0.15, 0.2) is 29.3 Å². The predicted octanol–water partition coefficient (Wildman–Crippen LogP) is 2.77. The van der Waals surface area contributed by atoms with Crippen molar-refractivity contribution in [2.24, 2.45) is 10.9 Å². The lowest BCUT2D eigenvalue weighted by atomic mass is 9.95. The van der Waals surface area contributed by atoms with Crippen LogP contribution in [0.3, 0.4) is 0 Å². The van der Waals surface area contributed by atoms with Gasteiger partial charge in [0.1, 0.15) is 5.82 Å². The molecule has 2 heterocycles. The molecule has 3 fully saturated rings. The van der Waals surface area contributed by atoms with Crippen molar-refractivity contribution in [3.05, 3.63) is 35.6 Å². The van der Waals surface area contributed by atoms with Crippen LogP contribution in [0.25, 0.3) is 0 Å². The summed E-state index contributed by atoms with van der Waals surface area (Å²) < 4.78 is 25.6. The molecule has 1 aromatic rings. The number of rotatable bonds is 8. The van der Waals surface area contributed by atoms with Crippen LogP contribution in [0.2, 0.25) is 0 Å². The van der Waals surface area contributed by atoms with Crippen LogP contribution in [0.1, 0.15) is 31.7 Å². The molecule has 3 aliphatic rings. The van der Waals surface area contributed by atoms with Crippen LogP contribution < -0.4 is 10.6 Å². The molecule has 0 radical (unpaired) electrons. The molecule has 1 aromatic carbocycles. The van der Waals surface area contributed by atoms with Crippen LogP contribution in [-0.2, 0) is 14.9 Å². The van der Waals surface area contributed by atoms with Crippen molar-refractivity contribution in [3.63, 3.8) is 0 Å². The first-order chi connectivity index (χ1) is 14.7. The van der Waals surface area contributed by atoms with E-state index in [1.807, 2.05) is 12.1 Å². The summed E-state index contributed by atoms with van der Waals surface area (Å²) in [6, 6.07) is 7.54. The summed E-state index contributed by atoms with van der Waals surface area (Å²) in [5, 5.41) is 6.94. The van der Waals surface area contributed by atoms with Gasteiger partial charge >= 0.3 is 0 Å². The van der Waals surface area contributed by atoms with E-state index in [0.717, 1.165) is 83.4 Å². The quantitative estimate of drug-likeness (QED) is 0.299. The van der Waals surface area contributed by atoms with Crippen LogP contribution in [0.4, 0.5) is 4.39 Å². The third-order valence-corrected chi connectivity index (χ3v) is 6.69. The third-order valence-electron chi connectivity index (χ3n) is 6.69. The van der Waals surface area contributed by atoms with Crippen molar-refractivity contribution in [2.75, 3.05) is 59.2 Å². The molecule has 0 bridgehead atoms. The van der Waals surface area contributed by atoms with Crippen LogP contribution in [-0.4, -0.2) is 76.1 Å². The summed E-state index contributed by atoms with van der Waals surface area (Å²) in [4.78, 5) is 7.39. The Kier molecular flexibility index (Phi) is 9.36. The number of aliphatic imine (C=N–C) groups is 1. The number of guanidine groups is 1. The molecule has 31 heavy (non-hydrogen) atoms. The highest BCUT2D eigenvalue weighted by molar-refractivity contribution is 14.0. The first-order valence-electron chi connectivity index (χ1n) is 11.4. The second kappa shape index (κ2) is 11.8. The van der Waals surface area contributed by atoms with E-state index in [1.165, 1.54) is 0 Å². The number of benzene rings is 1. The Morgan fingerprint density at radius 1 is 1.19 bits per heavy atom. The molecule has 8 heteroatoms. The van der Waals surface area contributed by atoms with E-state index >= 15 is 0 Å². The molecule has 2 unspecified atom stereocenters. The number of hydrogen-bond acceptors (Lipinski definition) is 4. The maximum Gasteiger partial charge on any atom is 0.191 e. The fraction of sp³-hybridized carbons (Fsp3) is 0.696. The summed E-state index contributed by atoms with van der Waals surface area (Å²) in [5.41, 5.74) is 0.662. The molecule has 1 aliphatic carbocycles. The van der Waals surface area contributed by atoms with Crippen molar-refractivity contribution in [1.82, 2.24) is 15.5 Å². The van der Waals surface area contributed by atoms with Gasteiger partial charge in [-0.25, -0.2) is 4.39 Å². The van der Waals surface area contributed by atoms with Gasteiger partial charge in [-0.05, 0) is 37.8 Å². The highest BCUT2D eigenvalue weighted by atomic mass is 127. The lowest BCUT2D eigenvalue weighted by molar-refractivity contribution is 0.00246. The van der Waals surface area contributed by atoms with Crippen molar-refractivity contribution >= 4 is 29.9 Å². The average Bonchev–Trinajstić information content (AvgIpc) is 3.36. The molecular formula is C23H36FIN4O2. The zero-order valence-electron chi connectivity index (χ0n) is 18.4. The summed E-state index contributed by atoms with van der Waals surface area (Å²) >= 11 is 0. The number of hydrogen-bond donors (Lipinski definition) is 2. The Balaban J connectivity index is 0.00000272. The van der Waals surface area contributed by atoms with Crippen LogP contribution in [0.5, 0.6) is 0 Å². The molecule has 2 N–H and O–H groups in total. The summed E-state index contributed by atoms with van der Waals surface area (Å²) in [6.07, 6.45) is 3.09. The Morgan fingerprint density at radius 3 is 2.61 bits per heavy atom. The normalized spacial score (nSPS) is 24.3. The van der Waals surface area contributed by atoms with Gasteiger partial charge < -0.3 is 20.1 Å². The van der Waals surface area contributed by atoms with Crippen LogP contribution >= 0.6 is 24.0 Å². The zero-order chi connectivity index (χ0) is 20.8. The highest BCUT2D eigenvalue weighted by Gasteiger charge is 2.45. The molecular weight excluding hydrogens is 510 g/mol. The van der Waals surface area contributed by atoms with E-state index in [0.29, 0.717) is 18.5 Å². The van der Waals surface area contributed by atoms with E-state index in [4.69, 9.17) is 14.5 Å². The monoisotopic (exact) mass is 546 g/mol. The first kappa shape index (κ1) is 24.7. The predicted molar refractivity (Wildman–Crippen MR) is 132 cm³/mol. The van der Waals surface area contributed by atoms with Gasteiger partial charge in [-0.15, -0.1) is 24.0 Å². The van der Waals surface area contributed by atoms with Gasteiger partial charge in [-0.3, -0.25) is 9.89 Å². The van der Waals surface area contributed by atoms with Gasteiger partial charge in [0.15, 0.2) is 5.96 Å². The Hall–Kier alpha value is -0.970. The minimum absolute atomic E-state index is 0. The molecule has 2 saturated heterocycles. The maximum absolute atomic E-state index is 14.3. The van der Waals surface area contributed by atoms with Crippen molar-refractivity contribution in [3.8, 4) is 0 Å². The van der Waals surface area contributed by atoms with Gasteiger partial charge in [-0.2, -0.15) is 0 Å². The second-order valence-electron chi connectivity index (χ2n) is 8.68. The molecule has 0 aromatic heterocycles. The van der Waals surface area contributed by atoms with Crippen molar-refractivity contribution < 1.29 is 13.9 Å². The number of ether oxygens (including phenoxy) is 2. The summed E-state index contributed by atoms with van der Waals surface area (Å²) in [6.45, 7) is 9.51. The zero-order valence-corrected chi connectivity index (χ0v) is 20.8. The average molecular weight is 546 g/mol. The smallest absolute Gasteiger partial charge is 0.191 e. The van der Waals surface area contributed by atoms with E-state index < -0.39 is 0 Å². The Labute approximate surface area is 202 Å². The topological polar surface area (TPSA) is 58.1 Å². The molecule has 2 atom stereocenters. The van der Waals surface area contributed by atoms with E-state index in [1.54, 1.807) is 12.1 Å². The molecule has 2 aliphatic heterocycles. The molecule has 0 amide bonds. The van der Waals surface area contributed by atoms with Gasteiger partial charge in [0.2, 0.25) is 0 Å². The molecule has 1 saturated carbocycles. The number of morpholine rings is 1. The molecule has 174 valence electrons. The van der Waals surface area contributed by atoms with E-state index in [9.17, 15) is 4.39 Å². The summed E-state index contributed by atoms with van der Waals surface area (Å²) in [5.74, 6) is 1.24. The minimum Gasteiger partial charge on any atom is -0.381 e. The van der Waals surface area contributed by atoms with Crippen molar-refractivity contribution in [2.45, 2.75) is 37.6 Å². The van der Waals surface area contributed by atoms with E-state index in [2.05, 4.69) is 22.5 Å². The molecule has 6 nitrogen and oxygen atoms in total. The second-order valence-corrected chi connectivity index (χ2v) is 8.68. The molecule has 0 spiro atoms.